The molecule has 0 spiro atoms. The molecule has 3 heterocycles. The van der Waals surface area contributed by atoms with E-state index in [0.717, 1.165) is 38.4 Å². The van der Waals surface area contributed by atoms with Gasteiger partial charge in [0.1, 0.15) is 0 Å². The standard InChI is InChI=1S/C16H22N4O/c1-2-20-12-14(10-19-20)16-13(6-8-21-16)9-17-11-15-5-3-4-7-18-15/h3-5,7,10,12-13,16-17H,2,6,8-9,11H2,1H3. The van der Waals surface area contributed by atoms with Gasteiger partial charge in [-0.15, -0.1) is 0 Å². The normalized spacial score (nSPS) is 21.8. The highest BCUT2D eigenvalue weighted by Crippen LogP contribution is 2.33. The number of hydrogen-bond acceptors (Lipinski definition) is 4. The van der Waals surface area contributed by atoms with Gasteiger partial charge in [-0.1, -0.05) is 6.07 Å². The molecule has 2 aromatic rings. The van der Waals surface area contributed by atoms with Crippen LogP contribution >= 0.6 is 0 Å². The van der Waals surface area contributed by atoms with Crippen LogP contribution in [-0.4, -0.2) is 27.9 Å². The first-order chi connectivity index (χ1) is 10.4. The summed E-state index contributed by atoms with van der Waals surface area (Å²) in [5.41, 5.74) is 2.27. The van der Waals surface area contributed by atoms with Crippen molar-refractivity contribution >= 4 is 0 Å². The minimum atomic E-state index is 0.168. The van der Waals surface area contributed by atoms with Crippen molar-refractivity contribution in [1.29, 1.82) is 0 Å². The fourth-order valence-corrected chi connectivity index (χ4v) is 2.80. The summed E-state index contributed by atoms with van der Waals surface area (Å²) < 4.78 is 7.86. The number of nitrogens with zero attached hydrogens (tertiary/aromatic N) is 3. The van der Waals surface area contributed by atoms with Crippen molar-refractivity contribution in [2.45, 2.75) is 32.5 Å². The molecule has 2 unspecified atom stereocenters. The fraction of sp³-hybridized carbons (Fsp3) is 0.500. The van der Waals surface area contributed by atoms with E-state index < -0.39 is 0 Å². The topological polar surface area (TPSA) is 52.0 Å². The van der Waals surface area contributed by atoms with Gasteiger partial charge in [0, 0.05) is 50.1 Å². The van der Waals surface area contributed by atoms with E-state index in [0.29, 0.717) is 5.92 Å². The van der Waals surface area contributed by atoms with Gasteiger partial charge in [0.25, 0.3) is 0 Å². The third kappa shape index (κ3) is 3.49. The van der Waals surface area contributed by atoms with Crippen molar-refractivity contribution in [2.24, 2.45) is 5.92 Å². The minimum absolute atomic E-state index is 0.168. The Hall–Kier alpha value is -1.72. The maximum atomic E-state index is 5.90. The van der Waals surface area contributed by atoms with Gasteiger partial charge < -0.3 is 10.1 Å². The summed E-state index contributed by atoms with van der Waals surface area (Å²) in [6.07, 6.45) is 7.13. The number of hydrogen-bond donors (Lipinski definition) is 1. The molecule has 2 aromatic heterocycles. The molecule has 0 saturated carbocycles. The highest BCUT2D eigenvalue weighted by Gasteiger charge is 2.30. The molecular formula is C16H22N4O. The molecule has 1 N–H and O–H groups in total. The van der Waals surface area contributed by atoms with Crippen LogP contribution < -0.4 is 5.32 Å². The lowest BCUT2D eigenvalue weighted by molar-refractivity contribution is 0.0903. The van der Waals surface area contributed by atoms with E-state index in [9.17, 15) is 0 Å². The predicted octanol–water partition coefficient (Wildman–Crippen LogP) is 2.17. The van der Waals surface area contributed by atoms with Crippen molar-refractivity contribution in [3.05, 3.63) is 48.0 Å². The average Bonchev–Trinajstić information content (AvgIpc) is 3.16. The largest absolute Gasteiger partial charge is 0.373 e. The molecule has 2 atom stereocenters. The molecule has 0 amide bonds. The smallest absolute Gasteiger partial charge is 0.0896 e. The quantitative estimate of drug-likeness (QED) is 0.884. The Morgan fingerprint density at radius 1 is 1.43 bits per heavy atom. The van der Waals surface area contributed by atoms with E-state index >= 15 is 0 Å². The molecule has 1 aliphatic heterocycles. The van der Waals surface area contributed by atoms with Crippen molar-refractivity contribution in [3.8, 4) is 0 Å². The van der Waals surface area contributed by atoms with E-state index in [2.05, 4.69) is 28.5 Å². The van der Waals surface area contributed by atoms with Crippen LogP contribution in [0.3, 0.4) is 0 Å². The first-order valence-electron chi connectivity index (χ1n) is 7.61. The van der Waals surface area contributed by atoms with Crippen LogP contribution in [0.15, 0.2) is 36.8 Å². The van der Waals surface area contributed by atoms with Gasteiger partial charge in [0.15, 0.2) is 0 Å². The summed E-state index contributed by atoms with van der Waals surface area (Å²) in [5, 5.41) is 7.84. The third-order valence-corrected chi connectivity index (χ3v) is 3.96. The molecule has 1 fully saturated rings. The van der Waals surface area contributed by atoms with Crippen LogP contribution in [-0.2, 0) is 17.8 Å². The zero-order valence-corrected chi connectivity index (χ0v) is 12.4. The third-order valence-electron chi connectivity index (χ3n) is 3.96. The van der Waals surface area contributed by atoms with Gasteiger partial charge >= 0.3 is 0 Å². The second-order valence-electron chi connectivity index (χ2n) is 5.42. The maximum Gasteiger partial charge on any atom is 0.0896 e. The van der Waals surface area contributed by atoms with Crippen LogP contribution in [0.25, 0.3) is 0 Å². The number of ether oxygens (including phenoxy) is 1. The molecule has 112 valence electrons. The highest BCUT2D eigenvalue weighted by atomic mass is 16.5. The second-order valence-corrected chi connectivity index (χ2v) is 5.42. The summed E-state index contributed by atoms with van der Waals surface area (Å²) >= 11 is 0. The maximum absolute atomic E-state index is 5.90. The van der Waals surface area contributed by atoms with E-state index in [1.807, 2.05) is 35.3 Å². The molecule has 0 bridgehead atoms. The van der Waals surface area contributed by atoms with Gasteiger partial charge in [0.2, 0.25) is 0 Å². The zero-order valence-electron chi connectivity index (χ0n) is 12.4. The van der Waals surface area contributed by atoms with Gasteiger partial charge in [-0.3, -0.25) is 9.67 Å². The van der Waals surface area contributed by atoms with Crippen LogP contribution in [0.1, 0.15) is 30.7 Å². The molecule has 0 aromatic carbocycles. The van der Waals surface area contributed by atoms with Crippen molar-refractivity contribution in [1.82, 2.24) is 20.1 Å². The van der Waals surface area contributed by atoms with E-state index in [1.54, 1.807) is 0 Å². The number of aryl methyl sites for hydroxylation is 1. The first kappa shape index (κ1) is 14.2. The Morgan fingerprint density at radius 3 is 3.14 bits per heavy atom. The van der Waals surface area contributed by atoms with Crippen LogP contribution in [0.2, 0.25) is 0 Å². The molecule has 21 heavy (non-hydrogen) atoms. The van der Waals surface area contributed by atoms with Gasteiger partial charge in [-0.05, 0) is 25.5 Å². The van der Waals surface area contributed by atoms with E-state index in [4.69, 9.17) is 4.74 Å². The molecule has 5 nitrogen and oxygen atoms in total. The molecule has 0 radical (unpaired) electrons. The van der Waals surface area contributed by atoms with Crippen LogP contribution in [0.5, 0.6) is 0 Å². The number of nitrogens with one attached hydrogen (secondary N) is 1. The monoisotopic (exact) mass is 286 g/mol. The van der Waals surface area contributed by atoms with Crippen molar-refractivity contribution < 1.29 is 4.74 Å². The Labute approximate surface area is 125 Å². The van der Waals surface area contributed by atoms with Crippen molar-refractivity contribution in [3.63, 3.8) is 0 Å². The van der Waals surface area contributed by atoms with E-state index in [-0.39, 0.29) is 6.10 Å². The van der Waals surface area contributed by atoms with E-state index in [1.165, 1.54) is 5.56 Å². The summed E-state index contributed by atoms with van der Waals surface area (Å²) in [5.74, 6) is 0.503. The number of aromatic nitrogens is 3. The molecule has 3 rings (SSSR count). The lowest BCUT2D eigenvalue weighted by Gasteiger charge is -2.17. The Balaban J connectivity index is 1.54. The average molecular weight is 286 g/mol. The van der Waals surface area contributed by atoms with Crippen LogP contribution in [0.4, 0.5) is 0 Å². The van der Waals surface area contributed by atoms with Gasteiger partial charge in [0.05, 0.1) is 18.0 Å². The summed E-state index contributed by atoms with van der Waals surface area (Å²) in [6, 6.07) is 6.00. The summed E-state index contributed by atoms with van der Waals surface area (Å²) in [7, 11) is 0. The van der Waals surface area contributed by atoms with Gasteiger partial charge in [-0.25, -0.2) is 0 Å². The second kappa shape index (κ2) is 6.83. The lowest BCUT2D eigenvalue weighted by atomic mass is 9.97. The summed E-state index contributed by atoms with van der Waals surface area (Å²) in [4.78, 5) is 4.33. The highest BCUT2D eigenvalue weighted by molar-refractivity contribution is 5.11. The molecular weight excluding hydrogens is 264 g/mol. The molecule has 0 aliphatic carbocycles. The Bertz CT molecular complexity index is 554. The molecule has 5 heteroatoms. The SMILES string of the molecule is CCn1cc(C2OCCC2CNCc2ccccn2)cn1. The first-order valence-corrected chi connectivity index (χ1v) is 7.61. The van der Waals surface area contributed by atoms with Crippen LogP contribution in [0, 0.1) is 5.92 Å². The molecule has 1 aliphatic rings. The minimum Gasteiger partial charge on any atom is -0.373 e. The fourth-order valence-electron chi connectivity index (χ4n) is 2.80. The lowest BCUT2D eigenvalue weighted by Crippen LogP contribution is -2.24. The molecule has 1 saturated heterocycles. The number of pyridine rings is 1. The van der Waals surface area contributed by atoms with Crippen molar-refractivity contribution in [2.75, 3.05) is 13.2 Å². The Morgan fingerprint density at radius 2 is 2.38 bits per heavy atom. The zero-order chi connectivity index (χ0) is 14.5. The predicted molar refractivity (Wildman–Crippen MR) is 80.6 cm³/mol. The van der Waals surface area contributed by atoms with Gasteiger partial charge in [-0.2, -0.15) is 5.10 Å². The Kier molecular flexibility index (Phi) is 4.62. The summed E-state index contributed by atoms with van der Waals surface area (Å²) in [6.45, 7) is 5.57. The number of rotatable bonds is 6.